The van der Waals surface area contributed by atoms with Crippen molar-refractivity contribution in [2.75, 3.05) is 13.1 Å². The van der Waals surface area contributed by atoms with E-state index in [9.17, 15) is 0 Å². The number of piperidine rings is 1. The molecule has 1 aromatic heterocycles. The van der Waals surface area contributed by atoms with Crippen LogP contribution in [0, 0.1) is 11.3 Å². The van der Waals surface area contributed by atoms with Gasteiger partial charge in [0.25, 0.3) is 0 Å². The first-order chi connectivity index (χ1) is 8.65. The van der Waals surface area contributed by atoms with Crippen molar-refractivity contribution in [3.8, 4) is 0 Å². The maximum atomic E-state index is 5.37. The molecular formula is C14H23N3O. The van der Waals surface area contributed by atoms with Gasteiger partial charge in [0.15, 0.2) is 5.82 Å². The van der Waals surface area contributed by atoms with Crippen LogP contribution in [-0.4, -0.2) is 23.2 Å². The first kappa shape index (κ1) is 12.2. The number of aryl methyl sites for hydroxylation is 1. The van der Waals surface area contributed by atoms with E-state index in [4.69, 9.17) is 4.52 Å². The second-order valence-corrected chi connectivity index (χ2v) is 6.52. The van der Waals surface area contributed by atoms with Gasteiger partial charge >= 0.3 is 0 Å². The molecule has 1 unspecified atom stereocenters. The zero-order chi connectivity index (χ0) is 12.6. The Morgan fingerprint density at radius 2 is 2.06 bits per heavy atom. The minimum atomic E-state index is 0.385. The van der Waals surface area contributed by atoms with Gasteiger partial charge in [-0.3, -0.25) is 0 Å². The summed E-state index contributed by atoms with van der Waals surface area (Å²) in [5.41, 5.74) is 0.385. The van der Waals surface area contributed by atoms with Gasteiger partial charge < -0.3 is 9.84 Å². The Morgan fingerprint density at radius 1 is 1.33 bits per heavy atom. The van der Waals surface area contributed by atoms with Crippen molar-refractivity contribution in [2.45, 2.75) is 51.9 Å². The van der Waals surface area contributed by atoms with Crippen LogP contribution in [0.4, 0.5) is 0 Å². The molecule has 1 aliphatic carbocycles. The van der Waals surface area contributed by atoms with Gasteiger partial charge in [-0.2, -0.15) is 4.98 Å². The fourth-order valence-electron chi connectivity index (χ4n) is 2.92. The minimum absolute atomic E-state index is 0.385. The molecule has 3 rings (SSSR count). The highest BCUT2D eigenvalue weighted by atomic mass is 16.5. The van der Waals surface area contributed by atoms with Crippen LogP contribution in [0.5, 0.6) is 0 Å². The van der Waals surface area contributed by atoms with E-state index in [1.165, 1.54) is 25.7 Å². The summed E-state index contributed by atoms with van der Waals surface area (Å²) in [5, 5.41) is 7.54. The van der Waals surface area contributed by atoms with E-state index in [1.54, 1.807) is 0 Å². The summed E-state index contributed by atoms with van der Waals surface area (Å²) in [6, 6.07) is 0. The lowest BCUT2D eigenvalue weighted by Crippen LogP contribution is -2.27. The summed E-state index contributed by atoms with van der Waals surface area (Å²) in [6.07, 6.45) is 5.91. The molecule has 0 aromatic carbocycles. The van der Waals surface area contributed by atoms with E-state index in [-0.39, 0.29) is 0 Å². The molecule has 0 amide bonds. The van der Waals surface area contributed by atoms with Crippen LogP contribution in [0.2, 0.25) is 0 Å². The fraction of sp³-hybridized carbons (Fsp3) is 0.857. The Balaban J connectivity index is 1.51. The van der Waals surface area contributed by atoms with Crippen molar-refractivity contribution in [3.63, 3.8) is 0 Å². The number of rotatable bonds is 4. The lowest BCUT2D eigenvalue weighted by atomic mass is 9.93. The molecule has 1 atom stereocenters. The van der Waals surface area contributed by atoms with Crippen LogP contribution >= 0.6 is 0 Å². The molecule has 0 bridgehead atoms. The van der Waals surface area contributed by atoms with Gasteiger partial charge in [-0.05, 0) is 50.1 Å². The van der Waals surface area contributed by atoms with Crippen molar-refractivity contribution in [2.24, 2.45) is 11.3 Å². The van der Waals surface area contributed by atoms with Crippen LogP contribution in [0.25, 0.3) is 0 Å². The average molecular weight is 249 g/mol. The molecule has 18 heavy (non-hydrogen) atoms. The van der Waals surface area contributed by atoms with Crippen molar-refractivity contribution in [1.82, 2.24) is 15.5 Å². The third kappa shape index (κ3) is 2.58. The van der Waals surface area contributed by atoms with E-state index < -0.39 is 0 Å². The zero-order valence-corrected chi connectivity index (χ0v) is 11.4. The lowest BCUT2D eigenvalue weighted by molar-refractivity contribution is 0.323. The molecule has 2 heterocycles. The Hall–Kier alpha value is -0.900. The predicted octanol–water partition coefficient (Wildman–Crippen LogP) is 2.52. The molecule has 4 nitrogen and oxygen atoms in total. The number of hydrogen-bond donors (Lipinski definition) is 1. The fourth-order valence-corrected chi connectivity index (χ4v) is 2.92. The lowest BCUT2D eigenvalue weighted by Gasteiger charge is -2.21. The van der Waals surface area contributed by atoms with Crippen LogP contribution in [0.3, 0.4) is 0 Å². The molecule has 1 saturated carbocycles. The van der Waals surface area contributed by atoms with Gasteiger partial charge in [0.1, 0.15) is 0 Å². The van der Waals surface area contributed by atoms with Crippen molar-refractivity contribution in [3.05, 3.63) is 11.7 Å². The molecule has 2 fully saturated rings. The summed E-state index contributed by atoms with van der Waals surface area (Å²) in [5.74, 6) is 3.12. The second-order valence-electron chi connectivity index (χ2n) is 6.52. The monoisotopic (exact) mass is 249 g/mol. The highest BCUT2D eigenvalue weighted by Crippen LogP contribution is 2.57. The van der Waals surface area contributed by atoms with Crippen molar-refractivity contribution < 1.29 is 4.52 Å². The topological polar surface area (TPSA) is 51.0 Å². The van der Waals surface area contributed by atoms with E-state index in [0.717, 1.165) is 37.1 Å². The molecule has 100 valence electrons. The Bertz CT molecular complexity index is 407. The van der Waals surface area contributed by atoms with Gasteiger partial charge in [-0.1, -0.05) is 19.0 Å². The third-order valence-corrected chi connectivity index (χ3v) is 4.53. The Labute approximate surface area is 109 Å². The van der Waals surface area contributed by atoms with Gasteiger partial charge in [-0.25, -0.2) is 0 Å². The summed E-state index contributed by atoms with van der Waals surface area (Å²) in [4.78, 5) is 4.56. The summed E-state index contributed by atoms with van der Waals surface area (Å²) >= 11 is 0. The first-order valence-corrected chi connectivity index (χ1v) is 7.18. The summed E-state index contributed by atoms with van der Waals surface area (Å²) in [6.45, 7) is 6.86. The van der Waals surface area contributed by atoms with Crippen molar-refractivity contribution >= 4 is 0 Å². The van der Waals surface area contributed by atoms with Crippen LogP contribution in [0.1, 0.15) is 57.2 Å². The smallest absolute Gasteiger partial charge is 0.226 e. The third-order valence-electron chi connectivity index (χ3n) is 4.53. The maximum Gasteiger partial charge on any atom is 0.226 e. The molecular weight excluding hydrogens is 226 g/mol. The first-order valence-electron chi connectivity index (χ1n) is 7.18. The Kier molecular flexibility index (Phi) is 3.14. The number of nitrogens with zero attached hydrogens (tertiary/aromatic N) is 2. The highest BCUT2D eigenvalue weighted by molar-refractivity contribution is 5.14. The average Bonchev–Trinajstić information content (AvgIpc) is 2.81. The van der Waals surface area contributed by atoms with Crippen LogP contribution < -0.4 is 5.32 Å². The van der Waals surface area contributed by atoms with E-state index in [0.29, 0.717) is 11.3 Å². The quantitative estimate of drug-likeness (QED) is 0.891. The second kappa shape index (κ2) is 4.65. The normalized spacial score (nSPS) is 27.3. The van der Waals surface area contributed by atoms with Gasteiger partial charge in [0.2, 0.25) is 5.89 Å². The molecule has 1 saturated heterocycles. The molecule has 1 aromatic rings. The van der Waals surface area contributed by atoms with Gasteiger partial charge in [-0.15, -0.1) is 0 Å². The summed E-state index contributed by atoms with van der Waals surface area (Å²) in [7, 11) is 0. The number of nitrogens with one attached hydrogen (secondary N) is 1. The zero-order valence-electron chi connectivity index (χ0n) is 11.4. The van der Waals surface area contributed by atoms with E-state index >= 15 is 0 Å². The SMILES string of the molecule is CC1(C)CC1c1noc(CCC2CCNCC2)n1. The molecule has 1 aliphatic heterocycles. The maximum absolute atomic E-state index is 5.37. The van der Waals surface area contributed by atoms with Crippen LogP contribution in [-0.2, 0) is 6.42 Å². The van der Waals surface area contributed by atoms with Crippen molar-refractivity contribution in [1.29, 1.82) is 0 Å². The molecule has 4 heteroatoms. The standard InChI is InChI=1S/C14H23N3O/c1-14(2)9-11(14)13-16-12(18-17-13)4-3-10-5-7-15-8-6-10/h10-11,15H,3-9H2,1-2H3. The number of hydrogen-bond acceptors (Lipinski definition) is 4. The molecule has 0 spiro atoms. The van der Waals surface area contributed by atoms with E-state index in [1.807, 2.05) is 0 Å². The van der Waals surface area contributed by atoms with Gasteiger partial charge in [0, 0.05) is 12.3 Å². The summed E-state index contributed by atoms with van der Waals surface area (Å²) < 4.78 is 5.37. The minimum Gasteiger partial charge on any atom is -0.339 e. The van der Waals surface area contributed by atoms with Gasteiger partial charge in [0.05, 0.1) is 0 Å². The number of aromatic nitrogens is 2. The largest absolute Gasteiger partial charge is 0.339 e. The molecule has 0 radical (unpaired) electrons. The highest BCUT2D eigenvalue weighted by Gasteiger charge is 2.49. The molecule has 1 N–H and O–H groups in total. The Morgan fingerprint density at radius 3 is 2.72 bits per heavy atom. The van der Waals surface area contributed by atoms with E-state index in [2.05, 4.69) is 29.3 Å². The predicted molar refractivity (Wildman–Crippen MR) is 69.4 cm³/mol. The molecule has 2 aliphatic rings. The van der Waals surface area contributed by atoms with Crippen LogP contribution in [0.15, 0.2) is 4.52 Å².